The number of fused-ring (bicyclic) bond motifs is 1. The maximum Gasteiger partial charge on any atom is 0.271 e. The summed E-state index contributed by atoms with van der Waals surface area (Å²) in [6.07, 6.45) is 4.59. The number of nitrogens with zero attached hydrogens (tertiary/aromatic N) is 2. The first kappa shape index (κ1) is 17.9. The zero-order valence-corrected chi connectivity index (χ0v) is 15.4. The van der Waals surface area contributed by atoms with Crippen molar-refractivity contribution in [2.24, 2.45) is 0 Å². The van der Waals surface area contributed by atoms with Gasteiger partial charge in [-0.15, -0.1) is 0 Å². The molecule has 0 aliphatic rings. The van der Waals surface area contributed by atoms with Crippen molar-refractivity contribution in [1.82, 2.24) is 30.8 Å². The van der Waals surface area contributed by atoms with Gasteiger partial charge in [-0.2, -0.15) is 5.10 Å². The number of nitrogens with one attached hydrogen (secondary N) is 4. The summed E-state index contributed by atoms with van der Waals surface area (Å²) < 4.78 is 0. The van der Waals surface area contributed by atoms with Crippen molar-refractivity contribution < 1.29 is 4.79 Å². The number of aromatic nitrogens is 4. The molecule has 7 nitrogen and oxygen atoms in total. The lowest BCUT2D eigenvalue weighted by atomic mass is 10.1. The summed E-state index contributed by atoms with van der Waals surface area (Å²) in [6.45, 7) is 2.16. The Balaban J connectivity index is 1.19. The van der Waals surface area contributed by atoms with Crippen LogP contribution in [0, 0.1) is 0 Å². The number of carbonyl (C=O) groups is 1. The van der Waals surface area contributed by atoms with Crippen molar-refractivity contribution in [1.29, 1.82) is 0 Å². The topological polar surface area (TPSA) is 98.5 Å². The number of H-pyrrole nitrogens is 2. The van der Waals surface area contributed by atoms with Crippen molar-refractivity contribution >= 4 is 16.9 Å². The molecular formula is C21H22N6O. The van der Waals surface area contributed by atoms with Gasteiger partial charge in [-0.3, -0.25) is 9.89 Å². The molecular weight excluding hydrogens is 352 g/mol. The van der Waals surface area contributed by atoms with E-state index < -0.39 is 0 Å². The van der Waals surface area contributed by atoms with Gasteiger partial charge in [0.1, 0.15) is 5.65 Å². The summed E-state index contributed by atoms with van der Waals surface area (Å²) in [5.41, 5.74) is 4.34. The van der Waals surface area contributed by atoms with E-state index in [1.807, 2.05) is 42.6 Å². The normalized spacial score (nSPS) is 11.0. The highest BCUT2D eigenvalue weighted by atomic mass is 16.1. The molecule has 0 atom stereocenters. The smallest absolute Gasteiger partial charge is 0.271 e. The molecule has 1 amide bonds. The summed E-state index contributed by atoms with van der Waals surface area (Å²) in [7, 11) is 0. The van der Waals surface area contributed by atoms with Gasteiger partial charge >= 0.3 is 0 Å². The third-order valence-electron chi connectivity index (χ3n) is 4.56. The van der Waals surface area contributed by atoms with Crippen LogP contribution in [-0.4, -0.2) is 39.2 Å². The van der Waals surface area contributed by atoms with Crippen molar-refractivity contribution in [3.05, 3.63) is 72.2 Å². The van der Waals surface area contributed by atoms with Gasteiger partial charge in [0.15, 0.2) is 5.69 Å². The monoisotopic (exact) mass is 374 g/mol. The Labute approximate surface area is 162 Å². The number of amides is 1. The largest absolute Gasteiger partial charge is 0.351 e. The fourth-order valence-corrected chi connectivity index (χ4v) is 3.09. The van der Waals surface area contributed by atoms with Crippen LogP contribution in [0.4, 0.5) is 0 Å². The van der Waals surface area contributed by atoms with Crippen LogP contribution >= 0.6 is 0 Å². The highest BCUT2D eigenvalue weighted by molar-refractivity contribution is 5.93. The molecule has 3 aromatic heterocycles. The van der Waals surface area contributed by atoms with E-state index in [2.05, 4.69) is 36.9 Å². The third-order valence-corrected chi connectivity index (χ3v) is 4.56. The molecule has 0 fully saturated rings. The van der Waals surface area contributed by atoms with Crippen molar-refractivity contribution in [2.45, 2.75) is 13.0 Å². The molecule has 0 aliphatic heterocycles. The van der Waals surface area contributed by atoms with Crippen molar-refractivity contribution in [3.63, 3.8) is 0 Å². The first-order valence-corrected chi connectivity index (χ1v) is 9.32. The number of hydrogen-bond donors (Lipinski definition) is 4. The lowest BCUT2D eigenvalue weighted by molar-refractivity contribution is 0.0948. The Morgan fingerprint density at radius 2 is 1.96 bits per heavy atom. The van der Waals surface area contributed by atoms with Crippen molar-refractivity contribution in [3.8, 4) is 11.3 Å². The molecule has 28 heavy (non-hydrogen) atoms. The Bertz CT molecular complexity index is 1050. The Morgan fingerprint density at radius 3 is 2.86 bits per heavy atom. The standard InChI is InChI=1S/C21H22N6O/c28-21(19-12-18(26-27-19)15-6-2-1-3-7-15)24-11-5-9-22-13-16-14-25-20-17(16)8-4-10-23-20/h1-4,6-8,10,12,14,22H,5,9,11,13H2,(H,23,25)(H,24,28)(H,26,27). The Morgan fingerprint density at radius 1 is 1.07 bits per heavy atom. The van der Waals surface area contributed by atoms with E-state index in [1.54, 1.807) is 12.3 Å². The number of carbonyl (C=O) groups excluding carboxylic acids is 1. The lowest BCUT2D eigenvalue weighted by Crippen LogP contribution is -2.27. The van der Waals surface area contributed by atoms with Crippen LogP contribution < -0.4 is 10.6 Å². The predicted octanol–water partition coefficient (Wildman–Crippen LogP) is 2.86. The minimum atomic E-state index is -0.166. The van der Waals surface area contributed by atoms with Gasteiger partial charge in [0, 0.05) is 30.9 Å². The molecule has 4 aromatic rings. The van der Waals surface area contributed by atoms with Crippen LogP contribution in [0.3, 0.4) is 0 Å². The molecule has 0 radical (unpaired) electrons. The minimum Gasteiger partial charge on any atom is -0.351 e. The maximum absolute atomic E-state index is 12.2. The molecule has 0 saturated carbocycles. The molecule has 142 valence electrons. The zero-order chi connectivity index (χ0) is 19.2. The fourth-order valence-electron chi connectivity index (χ4n) is 3.09. The number of pyridine rings is 1. The summed E-state index contributed by atoms with van der Waals surface area (Å²) in [4.78, 5) is 19.7. The molecule has 0 saturated heterocycles. The van der Waals surface area contributed by atoms with E-state index in [-0.39, 0.29) is 5.91 Å². The molecule has 4 rings (SSSR count). The average Bonchev–Trinajstić information content (AvgIpc) is 3.39. The van der Waals surface area contributed by atoms with Gasteiger partial charge in [-0.1, -0.05) is 30.3 Å². The number of benzene rings is 1. The van der Waals surface area contributed by atoms with E-state index in [1.165, 1.54) is 5.56 Å². The summed E-state index contributed by atoms with van der Waals surface area (Å²) in [5, 5.41) is 14.5. The highest BCUT2D eigenvalue weighted by Gasteiger charge is 2.10. The summed E-state index contributed by atoms with van der Waals surface area (Å²) in [5.74, 6) is -0.166. The number of aromatic amines is 2. The fraction of sp³-hybridized carbons (Fsp3) is 0.190. The average molecular weight is 374 g/mol. The molecule has 7 heteroatoms. The third kappa shape index (κ3) is 4.10. The second kappa shape index (κ2) is 8.49. The molecule has 0 unspecified atom stereocenters. The highest BCUT2D eigenvalue weighted by Crippen LogP contribution is 2.17. The van der Waals surface area contributed by atoms with Crippen LogP contribution in [0.15, 0.2) is 60.9 Å². The van der Waals surface area contributed by atoms with Crippen LogP contribution in [0.25, 0.3) is 22.3 Å². The van der Waals surface area contributed by atoms with Crippen LogP contribution in [0.2, 0.25) is 0 Å². The Kier molecular flexibility index (Phi) is 5.44. The lowest BCUT2D eigenvalue weighted by Gasteiger charge is -2.05. The summed E-state index contributed by atoms with van der Waals surface area (Å²) >= 11 is 0. The van der Waals surface area contributed by atoms with Crippen LogP contribution in [0.5, 0.6) is 0 Å². The molecule has 0 bridgehead atoms. The molecule has 4 N–H and O–H groups in total. The van der Waals surface area contributed by atoms with Gasteiger partial charge in [-0.05, 0) is 42.3 Å². The first-order valence-electron chi connectivity index (χ1n) is 9.32. The van der Waals surface area contributed by atoms with E-state index in [4.69, 9.17) is 0 Å². The Hall–Kier alpha value is -3.45. The SMILES string of the molecule is O=C(NCCCNCc1c[nH]c2ncccc12)c1cc(-c2ccccc2)[nH]n1. The van der Waals surface area contributed by atoms with Crippen LogP contribution in [-0.2, 0) is 6.54 Å². The van der Waals surface area contributed by atoms with Crippen molar-refractivity contribution in [2.75, 3.05) is 13.1 Å². The number of rotatable bonds is 8. The van der Waals surface area contributed by atoms with Gasteiger partial charge in [0.2, 0.25) is 0 Å². The molecule has 1 aromatic carbocycles. The van der Waals surface area contributed by atoms with Gasteiger partial charge < -0.3 is 15.6 Å². The van der Waals surface area contributed by atoms with Gasteiger partial charge in [0.05, 0.1) is 5.69 Å². The van der Waals surface area contributed by atoms with E-state index >= 15 is 0 Å². The van der Waals surface area contributed by atoms with E-state index in [0.717, 1.165) is 41.8 Å². The van der Waals surface area contributed by atoms with Gasteiger partial charge in [0.25, 0.3) is 5.91 Å². The number of hydrogen-bond acceptors (Lipinski definition) is 4. The second-order valence-corrected chi connectivity index (χ2v) is 6.53. The van der Waals surface area contributed by atoms with Gasteiger partial charge in [-0.25, -0.2) is 4.98 Å². The minimum absolute atomic E-state index is 0.166. The molecule has 0 spiro atoms. The second-order valence-electron chi connectivity index (χ2n) is 6.53. The van der Waals surface area contributed by atoms with Crippen LogP contribution in [0.1, 0.15) is 22.5 Å². The zero-order valence-electron chi connectivity index (χ0n) is 15.4. The molecule has 3 heterocycles. The van der Waals surface area contributed by atoms with E-state index in [0.29, 0.717) is 12.2 Å². The van der Waals surface area contributed by atoms with E-state index in [9.17, 15) is 4.79 Å². The first-order chi connectivity index (χ1) is 13.8. The maximum atomic E-state index is 12.2. The molecule has 0 aliphatic carbocycles. The summed E-state index contributed by atoms with van der Waals surface area (Å²) in [6, 6.07) is 15.6. The quantitative estimate of drug-likeness (QED) is 0.356. The predicted molar refractivity (Wildman–Crippen MR) is 109 cm³/mol.